The number of fused-ring (bicyclic) bond motifs is 1. The van der Waals surface area contributed by atoms with Gasteiger partial charge < -0.3 is 10.1 Å². The van der Waals surface area contributed by atoms with E-state index in [1.54, 1.807) is 0 Å². The molecule has 3 nitrogen and oxygen atoms in total. The van der Waals surface area contributed by atoms with Crippen LogP contribution in [0.1, 0.15) is 37.6 Å². The molecule has 0 aliphatic rings. The Kier molecular flexibility index (Phi) is 4.15. The van der Waals surface area contributed by atoms with Gasteiger partial charge in [0.05, 0.1) is 11.0 Å². The molecular weight excluding hydrogens is 212 g/mol. The summed E-state index contributed by atoms with van der Waals surface area (Å²) < 4.78 is 0. The van der Waals surface area contributed by atoms with E-state index in [9.17, 15) is 0 Å². The van der Waals surface area contributed by atoms with Crippen molar-refractivity contribution in [3.8, 4) is 0 Å². The van der Waals surface area contributed by atoms with Crippen molar-refractivity contribution in [2.75, 3.05) is 6.61 Å². The van der Waals surface area contributed by atoms with Gasteiger partial charge in [-0.2, -0.15) is 0 Å². The number of H-pyrrole nitrogens is 1. The SMILES string of the molecule is CCc1ccc2nc(CCCCCO)[nH]c2c1. The fourth-order valence-electron chi connectivity index (χ4n) is 2.03. The van der Waals surface area contributed by atoms with Crippen molar-refractivity contribution in [3.05, 3.63) is 29.6 Å². The summed E-state index contributed by atoms with van der Waals surface area (Å²) in [5.74, 6) is 1.06. The normalized spacial score (nSPS) is 11.2. The number of aryl methyl sites for hydroxylation is 2. The van der Waals surface area contributed by atoms with Crippen molar-refractivity contribution in [2.24, 2.45) is 0 Å². The molecule has 2 aromatic rings. The number of nitrogens with zero attached hydrogens (tertiary/aromatic N) is 1. The topological polar surface area (TPSA) is 48.9 Å². The third-order valence-corrected chi connectivity index (χ3v) is 3.08. The highest BCUT2D eigenvalue weighted by Crippen LogP contribution is 2.15. The average Bonchev–Trinajstić information content (AvgIpc) is 2.76. The van der Waals surface area contributed by atoms with Gasteiger partial charge in [0, 0.05) is 13.0 Å². The average molecular weight is 232 g/mol. The minimum absolute atomic E-state index is 0.292. The number of benzene rings is 1. The highest BCUT2D eigenvalue weighted by atomic mass is 16.2. The zero-order chi connectivity index (χ0) is 12.1. The lowest BCUT2D eigenvalue weighted by atomic mass is 10.1. The van der Waals surface area contributed by atoms with Gasteiger partial charge in [-0.05, 0) is 37.0 Å². The summed E-state index contributed by atoms with van der Waals surface area (Å²) in [5.41, 5.74) is 3.54. The first-order valence-corrected chi connectivity index (χ1v) is 6.42. The van der Waals surface area contributed by atoms with Gasteiger partial charge in [0.2, 0.25) is 0 Å². The molecule has 17 heavy (non-hydrogen) atoms. The predicted octanol–water partition coefficient (Wildman–Crippen LogP) is 2.83. The van der Waals surface area contributed by atoms with Crippen LogP contribution in [0.3, 0.4) is 0 Å². The minimum Gasteiger partial charge on any atom is -0.396 e. The van der Waals surface area contributed by atoms with Crippen molar-refractivity contribution in [2.45, 2.75) is 39.0 Å². The van der Waals surface area contributed by atoms with Crippen LogP contribution in [0.4, 0.5) is 0 Å². The number of aliphatic hydroxyl groups is 1. The molecule has 1 aromatic heterocycles. The second-order valence-corrected chi connectivity index (χ2v) is 4.42. The highest BCUT2D eigenvalue weighted by Gasteiger charge is 2.03. The molecule has 0 atom stereocenters. The third-order valence-electron chi connectivity index (χ3n) is 3.08. The van der Waals surface area contributed by atoms with Crippen LogP contribution in [0.15, 0.2) is 18.2 Å². The summed E-state index contributed by atoms with van der Waals surface area (Å²) in [7, 11) is 0. The molecule has 2 N–H and O–H groups in total. The lowest BCUT2D eigenvalue weighted by molar-refractivity contribution is 0.283. The maximum Gasteiger partial charge on any atom is 0.107 e. The molecular formula is C14H20N2O. The van der Waals surface area contributed by atoms with Crippen LogP contribution in [0.5, 0.6) is 0 Å². The Morgan fingerprint density at radius 1 is 1.24 bits per heavy atom. The number of aromatic nitrogens is 2. The highest BCUT2D eigenvalue weighted by molar-refractivity contribution is 5.75. The standard InChI is InChI=1S/C14H20N2O/c1-2-11-7-8-12-13(10-11)16-14(15-12)6-4-3-5-9-17/h7-8,10,17H,2-6,9H2,1H3,(H,15,16). The van der Waals surface area contributed by atoms with E-state index in [4.69, 9.17) is 5.11 Å². The van der Waals surface area contributed by atoms with E-state index in [1.807, 2.05) is 0 Å². The van der Waals surface area contributed by atoms with E-state index in [0.29, 0.717) is 6.61 Å². The van der Waals surface area contributed by atoms with Gasteiger partial charge >= 0.3 is 0 Å². The summed E-state index contributed by atoms with van der Waals surface area (Å²) in [5, 5.41) is 8.71. The molecule has 0 unspecified atom stereocenters. The Morgan fingerprint density at radius 3 is 2.88 bits per heavy atom. The second-order valence-electron chi connectivity index (χ2n) is 4.42. The van der Waals surface area contributed by atoms with E-state index < -0.39 is 0 Å². The Bertz CT molecular complexity index is 476. The van der Waals surface area contributed by atoms with Gasteiger partial charge in [-0.1, -0.05) is 19.4 Å². The van der Waals surface area contributed by atoms with Gasteiger partial charge in [0.1, 0.15) is 5.82 Å². The maximum absolute atomic E-state index is 8.71. The van der Waals surface area contributed by atoms with Gasteiger partial charge in [0.15, 0.2) is 0 Å². The van der Waals surface area contributed by atoms with Crippen molar-refractivity contribution >= 4 is 11.0 Å². The molecule has 1 aromatic carbocycles. The number of unbranched alkanes of at least 4 members (excludes halogenated alkanes) is 2. The Labute approximate surface area is 102 Å². The molecule has 3 heteroatoms. The van der Waals surface area contributed by atoms with Crippen LogP contribution < -0.4 is 0 Å². The Hall–Kier alpha value is -1.35. The molecule has 2 rings (SSSR count). The molecule has 0 saturated heterocycles. The molecule has 0 fully saturated rings. The Balaban J connectivity index is 2.04. The number of nitrogens with one attached hydrogen (secondary N) is 1. The van der Waals surface area contributed by atoms with E-state index in [2.05, 4.69) is 35.1 Å². The van der Waals surface area contributed by atoms with Crippen molar-refractivity contribution in [1.82, 2.24) is 9.97 Å². The number of aromatic amines is 1. The monoisotopic (exact) mass is 232 g/mol. The molecule has 0 aliphatic heterocycles. The van der Waals surface area contributed by atoms with E-state index in [1.165, 1.54) is 5.56 Å². The molecule has 0 aliphatic carbocycles. The first-order chi connectivity index (χ1) is 8.33. The van der Waals surface area contributed by atoms with Gasteiger partial charge in [-0.25, -0.2) is 4.98 Å². The van der Waals surface area contributed by atoms with Crippen molar-refractivity contribution in [3.63, 3.8) is 0 Å². The molecule has 0 bridgehead atoms. The quantitative estimate of drug-likeness (QED) is 0.752. The summed E-state index contributed by atoms with van der Waals surface area (Å²) in [6, 6.07) is 6.40. The zero-order valence-electron chi connectivity index (χ0n) is 10.4. The van der Waals surface area contributed by atoms with Crippen LogP contribution in [0.2, 0.25) is 0 Å². The van der Waals surface area contributed by atoms with Crippen LogP contribution in [-0.2, 0) is 12.8 Å². The molecule has 0 spiro atoms. The van der Waals surface area contributed by atoms with Gasteiger partial charge in [-0.3, -0.25) is 0 Å². The summed E-state index contributed by atoms with van der Waals surface area (Å²) in [6.45, 7) is 2.45. The lowest BCUT2D eigenvalue weighted by Gasteiger charge is -1.95. The Morgan fingerprint density at radius 2 is 2.12 bits per heavy atom. The van der Waals surface area contributed by atoms with Crippen LogP contribution in [-0.4, -0.2) is 21.7 Å². The molecule has 0 amide bonds. The number of rotatable bonds is 6. The molecule has 1 heterocycles. The van der Waals surface area contributed by atoms with Crippen molar-refractivity contribution in [1.29, 1.82) is 0 Å². The fourth-order valence-corrected chi connectivity index (χ4v) is 2.03. The van der Waals surface area contributed by atoms with Gasteiger partial charge in [-0.15, -0.1) is 0 Å². The summed E-state index contributed by atoms with van der Waals surface area (Å²) in [4.78, 5) is 7.94. The minimum atomic E-state index is 0.292. The number of hydrogen-bond donors (Lipinski definition) is 2. The number of hydrogen-bond acceptors (Lipinski definition) is 2. The lowest BCUT2D eigenvalue weighted by Crippen LogP contribution is -1.89. The molecule has 0 radical (unpaired) electrons. The molecule has 92 valence electrons. The van der Waals surface area contributed by atoms with E-state index >= 15 is 0 Å². The first kappa shape index (κ1) is 12.1. The summed E-state index contributed by atoms with van der Waals surface area (Å²) in [6.07, 6.45) is 5.06. The number of aliphatic hydroxyl groups excluding tert-OH is 1. The fraction of sp³-hybridized carbons (Fsp3) is 0.500. The van der Waals surface area contributed by atoms with Crippen molar-refractivity contribution < 1.29 is 5.11 Å². The van der Waals surface area contributed by atoms with E-state index in [0.717, 1.165) is 49.0 Å². The number of imidazole rings is 1. The van der Waals surface area contributed by atoms with Crippen LogP contribution >= 0.6 is 0 Å². The van der Waals surface area contributed by atoms with Gasteiger partial charge in [0.25, 0.3) is 0 Å². The zero-order valence-corrected chi connectivity index (χ0v) is 10.4. The largest absolute Gasteiger partial charge is 0.396 e. The third kappa shape index (κ3) is 3.07. The smallest absolute Gasteiger partial charge is 0.107 e. The van der Waals surface area contributed by atoms with E-state index in [-0.39, 0.29) is 0 Å². The van der Waals surface area contributed by atoms with Crippen LogP contribution in [0, 0.1) is 0 Å². The molecule has 0 saturated carbocycles. The predicted molar refractivity (Wildman–Crippen MR) is 70.1 cm³/mol. The summed E-state index contributed by atoms with van der Waals surface area (Å²) >= 11 is 0. The first-order valence-electron chi connectivity index (χ1n) is 6.42. The maximum atomic E-state index is 8.71. The second kappa shape index (κ2) is 5.82. The van der Waals surface area contributed by atoms with Crippen LogP contribution in [0.25, 0.3) is 11.0 Å².